The van der Waals surface area contributed by atoms with Gasteiger partial charge in [0.25, 0.3) is 5.91 Å². The first kappa shape index (κ1) is 21.6. The number of halogens is 1. The lowest BCUT2D eigenvalue weighted by Crippen LogP contribution is -2.43. The largest absolute Gasteiger partial charge is 0.466 e. The summed E-state index contributed by atoms with van der Waals surface area (Å²) in [6, 6.07) is 4.14. The normalized spacial score (nSPS) is 23.9. The van der Waals surface area contributed by atoms with Crippen LogP contribution in [0, 0.1) is 11.8 Å². The third kappa shape index (κ3) is 4.25. The van der Waals surface area contributed by atoms with Gasteiger partial charge in [0.15, 0.2) is 0 Å². The van der Waals surface area contributed by atoms with Crippen molar-refractivity contribution in [2.24, 2.45) is 11.8 Å². The molecule has 2 heterocycles. The number of piperidine rings is 1. The fourth-order valence-corrected chi connectivity index (χ4v) is 5.69. The average molecular weight is 443 g/mol. The zero-order valence-electron chi connectivity index (χ0n) is 16.3. The Morgan fingerprint density at radius 2 is 2.03 bits per heavy atom. The Morgan fingerprint density at radius 1 is 1.31 bits per heavy atom. The second kappa shape index (κ2) is 8.31. The summed E-state index contributed by atoms with van der Waals surface area (Å²) in [7, 11) is -3.79. The van der Waals surface area contributed by atoms with Crippen molar-refractivity contribution in [2.45, 2.75) is 26.7 Å². The topological polar surface area (TPSA) is 101 Å². The molecule has 1 aromatic rings. The molecular formula is C19H23ClN2O6S. The van der Waals surface area contributed by atoms with E-state index < -0.39 is 33.7 Å². The predicted octanol–water partition coefficient (Wildman–Crippen LogP) is 2.07. The van der Waals surface area contributed by atoms with Crippen LogP contribution in [0.1, 0.15) is 37.0 Å². The van der Waals surface area contributed by atoms with Gasteiger partial charge < -0.3 is 9.64 Å². The highest BCUT2D eigenvalue weighted by Crippen LogP contribution is 2.32. The molecule has 158 valence electrons. The standard InChI is InChI=1S/C19H23ClN2O6S/c1-3-28-19(25)13-5-4-8-21(10-13)18(24)15-9-14(6-7-16(15)20)22-17(23)12(2)11-29(22,26)27/h6-7,9,12-13H,3-5,8,10-11H2,1-2H3. The van der Waals surface area contributed by atoms with Crippen molar-refractivity contribution in [1.29, 1.82) is 0 Å². The van der Waals surface area contributed by atoms with Gasteiger partial charge in [0.05, 0.1) is 40.5 Å². The molecule has 0 bridgehead atoms. The molecule has 0 radical (unpaired) electrons. The number of carbonyl (C=O) groups excluding carboxylic acids is 3. The van der Waals surface area contributed by atoms with Crippen LogP contribution in [0.25, 0.3) is 0 Å². The van der Waals surface area contributed by atoms with E-state index in [1.807, 2.05) is 0 Å². The molecule has 8 nitrogen and oxygen atoms in total. The van der Waals surface area contributed by atoms with Crippen molar-refractivity contribution in [3.05, 3.63) is 28.8 Å². The molecule has 1 aromatic carbocycles. The van der Waals surface area contributed by atoms with E-state index >= 15 is 0 Å². The predicted molar refractivity (Wildman–Crippen MR) is 107 cm³/mol. The summed E-state index contributed by atoms with van der Waals surface area (Å²) < 4.78 is 30.5. The Kier molecular flexibility index (Phi) is 6.19. The summed E-state index contributed by atoms with van der Waals surface area (Å²) in [5.74, 6) is -2.62. The molecule has 0 aromatic heterocycles. The number of carbonyl (C=O) groups is 3. The Balaban J connectivity index is 1.87. The Morgan fingerprint density at radius 3 is 2.66 bits per heavy atom. The van der Waals surface area contributed by atoms with Crippen LogP contribution in [-0.4, -0.2) is 56.6 Å². The molecule has 0 spiro atoms. The average Bonchev–Trinajstić information content (AvgIpc) is 2.89. The maximum Gasteiger partial charge on any atom is 0.310 e. The smallest absolute Gasteiger partial charge is 0.310 e. The summed E-state index contributed by atoms with van der Waals surface area (Å²) >= 11 is 6.21. The Hall–Kier alpha value is -2.13. The quantitative estimate of drug-likeness (QED) is 0.661. The lowest BCUT2D eigenvalue weighted by Gasteiger charge is -2.32. The van der Waals surface area contributed by atoms with Gasteiger partial charge in [0.2, 0.25) is 15.9 Å². The SMILES string of the molecule is CCOC(=O)C1CCCN(C(=O)c2cc(N3C(=O)C(C)CS3(=O)=O)ccc2Cl)C1. The van der Waals surface area contributed by atoms with Gasteiger partial charge in [0.1, 0.15) is 0 Å². The lowest BCUT2D eigenvalue weighted by molar-refractivity contribution is -0.149. The first-order valence-electron chi connectivity index (χ1n) is 9.48. The van der Waals surface area contributed by atoms with Crippen LogP contribution in [0.5, 0.6) is 0 Å². The van der Waals surface area contributed by atoms with Crippen LogP contribution in [0.15, 0.2) is 18.2 Å². The van der Waals surface area contributed by atoms with Crippen LogP contribution in [0.4, 0.5) is 5.69 Å². The zero-order chi connectivity index (χ0) is 21.3. The monoisotopic (exact) mass is 442 g/mol. The fraction of sp³-hybridized carbons (Fsp3) is 0.526. The van der Waals surface area contributed by atoms with E-state index in [0.717, 1.165) is 4.31 Å². The van der Waals surface area contributed by atoms with Crippen LogP contribution in [0.3, 0.4) is 0 Å². The number of benzene rings is 1. The summed E-state index contributed by atoms with van der Waals surface area (Å²) in [5, 5.41) is 0.147. The second-order valence-corrected chi connectivity index (χ2v) is 9.56. The molecule has 2 aliphatic rings. The highest BCUT2D eigenvalue weighted by atomic mass is 35.5. The van der Waals surface area contributed by atoms with E-state index in [2.05, 4.69) is 0 Å². The molecule has 2 atom stereocenters. The number of sulfonamides is 1. The van der Waals surface area contributed by atoms with Crippen molar-refractivity contribution in [3.8, 4) is 0 Å². The van der Waals surface area contributed by atoms with Crippen molar-refractivity contribution in [2.75, 3.05) is 29.8 Å². The van der Waals surface area contributed by atoms with Gasteiger partial charge in [-0.1, -0.05) is 18.5 Å². The maximum absolute atomic E-state index is 13.1. The van der Waals surface area contributed by atoms with Gasteiger partial charge in [-0.05, 0) is 38.0 Å². The van der Waals surface area contributed by atoms with Gasteiger partial charge in [-0.2, -0.15) is 0 Å². The van der Waals surface area contributed by atoms with Crippen molar-refractivity contribution >= 4 is 45.1 Å². The van der Waals surface area contributed by atoms with Crippen molar-refractivity contribution in [1.82, 2.24) is 4.90 Å². The first-order valence-corrected chi connectivity index (χ1v) is 11.5. The minimum absolute atomic E-state index is 0.0889. The summed E-state index contributed by atoms with van der Waals surface area (Å²) in [4.78, 5) is 38.9. The highest BCUT2D eigenvalue weighted by molar-refractivity contribution is 7.94. The van der Waals surface area contributed by atoms with E-state index in [4.69, 9.17) is 16.3 Å². The van der Waals surface area contributed by atoms with E-state index in [1.165, 1.54) is 23.1 Å². The highest BCUT2D eigenvalue weighted by Gasteiger charge is 2.42. The number of amides is 2. The molecule has 2 unspecified atom stereocenters. The number of likely N-dealkylation sites (tertiary alicyclic amines) is 1. The molecule has 2 amide bonds. The van der Waals surface area contributed by atoms with Crippen molar-refractivity contribution in [3.63, 3.8) is 0 Å². The van der Waals surface area contributed by atoms with Gasteiger partial charge in [-0.3, -0.25) is 14.4 Å². The van der Waals surface area contributed by atoms with Crippen molar-refractivity contribution < 1.29 is 27.5 Å². The zero-order valence-corrected chi connectivity index (χ0v) is 17.8. The van der Waals surface area contributed by atoms with E-state index in [0.29, 0.717) is 19.4 Å². The van der Waals surface area contributed by atoms with Crippen LogP contribution < -0.4 is 4.31 Å². The number of rotatable bonds is 4. The molecule has 0 aliphatic carbocycles. The Labute approximate surface area is 174 Å². The van der Waals surface area contributed by atoms with E-state index in [-0.39, 0.29) is 41.1 Å². The third-order valence-corrected chi connectivity index (χ3v) is 7.30. The molecule has 2 saturated heterocycles. The molecule has 10 heteroatoms. The maximum atomic E-state index is 13.1. The number of ether oxygens (including phenoxy) is 1. The lowest BCUT2D eigenvalue weighted by atomic mass is 9.97. The summed E-state index contributed by atoms with van der Waals surface area (Å²) in [5.41, 5.74) is 0.183. The number of esters is 1. The van der Waals surface area contributed by atoms with Gasteiger partial charge in [-0.25, -0.2) is 12.7 Å². The molecule has 0 saturated carbocycles. The number of anilines is 1. The first-order chi connectivity index (χ1) is 13.7. The third-order valence-electron chi connectivity index (χ3n) is 5.10. The second-order valence-electron chi connectivity index (χ2n) is 7.29. The van der Waals surface area contributed by atoms with E-state index in [9.17, 15) is 22.8 Å². The van der Waals surface area contributed by atoms with E-state index in [1.54, 1.807) is 13.8 Å². The Bertz CT molecular complexity index is 948. The fourth-order valence-electron chi connectivity index (χ4n) is 3.67. The number of hydrogen-bond acceptors (Lipinski definition) is 6. The molecule has 2 fully saturated rings. The molecular weight excluding hydrogens is 420 g/mol. The molecule has 3 rings (SSSR count). The van der Waals surface area contributed by atoms with Crippen LogP contribution >= 0.6 is 11.6 Å². The number of nitrogens with zero attached hydrogens (tertiary/aromatic N) is 2. The van der Waals surface area contributed by atoms with Gasteiger partial charge >= 0.3 is 5.97 Å². The molecule has 0 N–H and O–H groups in total. The summed E-state index contributed by atoms with van der Waals surface area (Å²) in [6.07, 6.45) is 1.28. The van der Waals surface area contributed by atoms with Gasteiger partial charge in [0, 0.05) is 13.1 Å². The number of hydrogen-bond donors (Lipinski definition) is 0. The summed E-state index contributed by atoms with van der Waals surface area (Å²) in [6.45, 7) is 4.20. The van der Waals surface area contributed by atoms with Crippen LogP contribution in [-0.2, 0) is 24.3 Å². The van der Waals surface area contributed by atoms with Crippen LogP contribution in [0.2, 0.25) is 5.02 Å². The molecule has 2 aliphatic heterocycles. The minimum Gasteiger partial charge on any atom is -0.466 e. The molecule has 29 heavy (non-hydrogen) atoms. The minimum atomic E-state index is -3.79. The van der Waals surface area contributed by atoms with Gasteiger partial charge in [-0.15, -0.1) is 0 Å².